The smallest absolute Gasteiger partial charge is 0.191 e. The number of rotatable bonds is 4. The molecule has 5 rings (SSSR count). The normalized spacial score (nSPS) is 15.6. The topological polar surface area (TPSA) is 104 Å². The van der Waals surface area contributed by atoms with Crippen LogP contribution in [-0.2, 0) is 16.8 Å². The van der Waals surface area contributed by atoms with Gasteiger partial charge >= 0.3 is 0 Å². The van der Waals surface area contributed by atoms with Gasteiger partial charge in [0.2, 0.25) is 0 Å². The third-order valence-electron chi connectivity index (χ3n) is 6.24. The number of aromatic nitrogens is 3. The molecule has 3 heterocycles. The highest BCUT2D eigenvalue weighted by Crippen LogP contribution is 2.59. The van der Waals surface area contributed by atoms with Gasteiger partial charge in [-0.3, -0.25) is 10.1 Å². The number of anilines is 1. The molecular formula is C23H17F2N5O3. The van der Waals surface area contributed by atoms with Gasteiger partial charge in [0.1, 0.15) is 29.1 Å². The Morgan fingerprint density at radius 2 is 1.85 bits per heavy atom. The molecule has 0 bridgehead atoms. The molecule has 0 radical (unpaired) electrons. The molecule has 166 valence electrons. The molecule has 2 aliphatic rings. The number of hydrogen-bond acceptors (Lipinski definition) is 7. The van der Waals surface area contributed by atoms with Gasteiger partial charge in [-0.1, -0.05) is 0 Å². The molecule has 0 amide bonds. The van der Waals surface area contributed by atoms with Crippen molar-refractivity contribution < 1.29 is 23.0 Å². The largest absolute Gasteiger partial charge is 0.493 e. The summed E-state index contributed by atoms with van der Waals surface area (Å²) in [4.78, 5) is 17.9. The zero-order valence-corrected chi connectivity index (χ0v) is 17.7. The van der Waals surface area contributed by atoms with Crippen molar-refractivity contribution in [2.24, 2.45) is 0 Å². The molecule has 3 aromatic rings. The summed E-state index contributed by atoms with van der Waals surface area (Å²) in [5, 5.41) is 16.0. The van der Waals surface area contributed by atoms with E-state index in [2.05, 4.69) is 21.3 Å². The van der Waals surface area contributed by atoms with Crippen LogP contribution in [0.15, 0.2) is 30.2 Å². The van der Waals surface area contributed by atoms with Gasteiger partial charge in [0.15, 0.2) is 23.1 Å². The van der Waals surface area contributed by atoms with E-state index in [0.29, 0.717) is 35.4 Å². The number of methoxy groups -OCH3 is 2. The van der Waals surface area contributed by atoms with E-state index in [9.17, 15) is 10.1 Å². The second-order valence-corrected chi connectivity index (χ2v) is 7.87. The third kappa shape index (κ3) is 2.90. The van der Waals surface area contributed by atoms with E-state index in [-0.39, 0.29) is 23.7 Å². The molecule has 10 heteroatoms. The Labute approximate surface area is 187 Å². The van der Waals surface area contributed by atoms with Crippen molar-refractivity contribution in [3.63, 3.8) is 0 Å². The number of ether oxygens (including phenoxy) is 2. The average Bonchev–Trinajstić information content (AvgIpc) is 3.46. The van der Waals surface area contributed by atoms with Crippen LogP contribution in [-0.4, -0.2) is 35.3 Å². The Balaban J connectivity index is 1.69. The SMILES string of the molecule is COc1cc(OC)c(F)c(N2Cc3cnc(-c4[nH]ncc4C#N)cc3C3(CC3)C2=C=O)c1F. The molecule has 8 nitrogen and oxygen atoms in total. The molecule has 1 aliphatic carbocycles. The number of benzene rings is 1. The minimum Gasteiger partial charge on any atom is -0.493 e. The minimum atomic E-state index is -0.941. The van der Waals surface area contributed by atoms with E-state index in [0.717, 1.165) is 11.6 Å². The van der Waals surface area contributed by atoms with Crippen molar-refractivity contribution in [3.05, 3.63) is 58.5 Å². The lowest BCUT2D eigenvalue weighted by atomic mass is 9.84. The molecule has 1 spiro atoms. The number of carbonyl (C=O) groups excluding carboxylic acids is 1. The summed E-state index contributed by atoms with van der Waals surface area (Å²) in [6.07, 6.45) is 4.20. The summed E-state index contributed by atoms with van der Waals surface area (Å²) in [6.45, 7) is -0.00676. The molecule has 0 saturated heterocycles. The van der Waals surface area contributed by atoms with Crippen molar-refractivity contribution >= 4 is 11.6 Å². The number of pyridine rings is 1. The van der Waals surface area contributed by atoms with Crippen molar-refractivity contribution in [2.75, 3.05) is 19.1 Å². The lowest BCUT2D eigenvalue weighted by molar-refractivity contribution is 0.358. The van der Waals surface area contributed by atoms with Crippen LogP contribution in [0.4, 0.5) is 14.5 Å². The highest BCUT2D eigenvalue weighted by atomic mass is 19.1. The van der Waals surface area contributed by atoms with Gasteiger partial charge in [0.05, 0.1) is 38.2 Å². The van der Waals surface area contributed by atoms with E-state index in [1.54, 1.807) is 12.3 Å². The summed E-state index contributed by atoms with van der Waals surface area (Å²) >= 11 is 0. The number of allylic oxidation sites excluding steroid dienone is 1. The molecule has 33 heavy (non-hydrogen) atoms. The van der Waals surface area contributed by atoms with Crippen LogP contribution in [0.3, 0.4) is 0 Å². The Kier molecular flexibility index (Phi) is 4.65. The fourth-order valence-corrected chi connectivity index (χ4v) is 4.48. The monoisotopic (exact) mass is 449 g/mol. The number of fused-ring (bicyclic) bond motifs is 2. The van der Waals surface area contributed by atoms with Crippen LogP contribution in [0.2, 0.25) is 0 Å². The number of H-pyrrole nitrogens is 1. The molecule has 1 aliphatic heterocycles. The highest BCUT2D eigenvalue weighted by molar-refractivity contribution is 5.77. The number of nitriles is 1. The van der Waals surface area contributed by atoms with Crippen molar-refractivity contribution in [2.45, 2.75) is 24.8 Å². The number of nitrogens with zero attached hydrogens (tertiary/aromatic N) is 4. The van der Waals surface area contributed by atoms with Crippen LogP contribution < -0.4 is 14.4 Å². The Morgan fingerprint density at radius 3 is 2.42 bits per heavy atom. The first-order chi connectivity index (χ1) is 16.0. The third-order valence-corrected chi connectivity index (χ3v) is 6.24. The average molecular weight is 449 g/mol. The van der Waals surface area contributed by atoms with Crippen LogP contribution in [0.5, 0.6) is 11.5 Å². The summed E-state index contributed by atoms with van der Waals surface area (Å²) in [5.41, 5.74) is 1.75. The van der Waals surface area contributed by atoms with Crippen LogP contribution in [0.25, 0.3) is 11.4 Å². The van der Waals surface area contributed by atoms with Gasteiger partial charge < -0.3 is 14.4 Å². The maximum Gasteiger partial charge on any atom is 0.191 e. The van der Waals surface area contributed by atoms with Crippen molar-refractivity contribution in [3.8, 4) is 29.0 Å². The quantitative estimate of drug-likeness (QED) is 0.609. The van der Waals surface area contributed by atoms with Gasteiger partial charge in [-0.05, 0) is 30.0 Å². The molecule has 1 N–H and O–H groups in total. The second kappa shape index (κ2) is 7.43. The fraction of sp³-hybridized carbons (Fsp3) is 0.261. The molecule has 0 atom stereocenters. The Bertz CT molecular complexity index is 1360. The zero-order valence-electron chi connectivity index (χ0n) is 17.7. The predicted octanol–water partition coefficient (Wildman–Crippen LogP) is 3.41. The van der Waals surface area contributed by atoms with E-state index in [1.807, 2.05) is 5.94 Å². The number of hydrogen-bond donors (Lipinski definition) is 1. The number of aromatic amines is 1. The Hall–Kier alpha value is -4.22. The molecular weight excluding hydrogens is 432 g/mol. The highest BCUT2D eigenvalue weighted by Gasteiger charge is 2.55. The van der Waals surface area contributed by atoms with Crippen molar-refractivity contribution in [1.29, 1.82) is 5.26 Å². The molecule has 1 fully saturated rings. The summed E-state index contributed by atoms with van der Waals surface area (Å²) in [7, 11) is 2.53. The summed E-state index contributed by atoms with van der Waals surface area (Å²) < 4.78 is 40.6. The lowest BCUT2D eigenvalue weighted by Gasteiger charge is -2.37. The summed E-state index contributed by atoms with van der Waals surface area (Å²) in [5.74, 6) is -0.360. The maximum absolute atomic E-state index is 15.3. The van der Waals surface area contributed by atoms with E-state index < -0.39 is 22.7 Å². The molecule has 2 aromatic heterocycles. The van der Waals surface area contributed by atoms with Crippen molar-refractivity contribution in [1.82, 2.24) is 15.2 Å². The molecule has 0 unspecified atom stereocenters. The molecule has 1 aromatic carbocycles. The van der Waals surface area contributed by atoms with Gasteiger partial charge in [-0.25, -0.2) is 13.6 Å². The van der Waals surface area contributed by atoms with Crippen LogP contribution >= 0.6 is 0 Å². The predicted molar refractivity (Wildman–Crippen MR) is 112 cm³/mol. The number of halogens is 2. The first-order valence-corrected chi connectivity index (χ1v) is 10.1. The Morgan fingerprint density at radius 1 is 1.15 bits per heavy atom. The van der Waals surface area contributed by atoms with Gasteiger partial charge in [-0.15, -0.1) is 0 Å². The second-order valence-electron chi connectivity index (χ2n) is 7.87. The first kappa shape index (κ1) is 20.7. The van der Waals surface area contributed by atoms with E-state index in [4.69, 9.17) is 9.47 Å². The summed E-state index contributed by atoms with van der Waals surface area (Å²) in [6, 6.07) is 4.97. The van der Waals surface area contributed by atoms with E-state index in [1.165, 1.54) is 25.3 Å². The van der Waals surface area contributed by atoms with Gasteiger partial charge in [-0.2, -0.15) is 10.4 Å². The zero-order chi connectivity index (χ0) is 23.3. The van der Waals surface area contributed by atoms with Crippen LogP contribution in [0.1, 0.15) is 29.5 Å². The van der Waals surface area contributed by atoms with E-state index >= 15 is 8.78 Å². The molecule has 1 saturated carbocycles. The number of nitrogens with one attached hydrogen (secondary N) is 1. The maximum atomic E-state index is 15.3. The minimum absolute atomic E-state index is 0.00676. The fourth-order valence-electron chi connectivity index (χ4n) is 4.48. The van der Waals surface area contributed by atoms with Crippen LogP contribution in [0, 0.1) is 23.0 Å². The standard InChI is InChI=1S/C23H17F2N5O3/c1-32-16-6-17(33-2)20(25)22(19(16)24)30-10-13-8-27-15(21-12(7-26)9-28-29-21)5-14(13)23(3-4-23)18(30)11-31/h5-6,8-9H,3-4,10H2,1-2H3,(H,28,29). The first-order valence-electron chi connectivity index (χ1n) is 10.1. The van der Waals surface area contributed by atoms with Gasteiger partial charge in [0, 0.05) is 17.7 Å². The van der Waals surface area contributed by atoms with Gasteiger partial charge in [0.25, 0.3) is 0 Å². The lowest BCUT2D eigenvalue weighted by Crippen LogP contribution is -2.37.